The number of esters is 1. The largest absolute Gasteiger partial charge is 0.465 e. The normalized spacial score (nSPS) is 11.6. The van der Waals surface area contributed by atoms with Crippen LogP contribution in [0, 0.1) is 0 Å². The van der Waals surface area contributed by atoms with E-state index in [0.29, 0.717) is 24.1 Å². The molecule has 0 aliphatic heterocycles. The Labute approximate surface area is 134 Å². The van der Waals surface area contributed by atoms with Gasteiger partial charge in [0.2, 0.25) is 0 Å². The van der Waals surface area contributed by atoms with E-state index in [1.165, 1.54) is 7.11 Å². The standard InChI is InChI=1S/C18H19NO4/c1-23-18(22)15-9-7-14(8-10-15)17(21)19-12-11-16(20)13-5-3-2-4-6-13/h2-10,16,20H,11-12H2,1H3,(H,19,21). The van der Waals surface area contributed by atoms with Crippen molar-refractivity contribution in [2.75, 3.05) is 13.7 Å². The molecule has 5 nitrogen and oxygen atoms in total. The molecule has 2 rings (SSSR count). The minimum atomic E-state index is -0.613. The first-order valence-electron chi connectivity index (χ1n) is 7.31. The van der Waals surface area contributed by atoms with Crippen molar-refractivity contribution in [2.24, 2.45) is 0 Å². The van der Waals surface area contributed by atoms with Gasteiger partial charge in [-0.05, 0) is 36.2 Å². The maximum atomic E-state index is 12.0. The summed E-state index contributed by atoms with van der Waals surface area (Å²) in [6.07, 6.45) is -0.186. The summed E-state index contributed by atoms with van der Waals surface area (Å²) in [5.41, 5.74) is 1.67. The number of nitrogens with one attached hydrogen (secondary N) is 1. The van der Waals surface area contributed by atoms with Crippen LogP contribution in [0.15, 0.2) is 54.6 Å². The van der Waals surface area contributed by atoms with Crippen molar-refractivity contribution in [1.82, 2.24) is 5.32 Å². The zero-order chi connectivity index (χ0) is 16.7. The van der Waals surface area contributed by atoms with E-state index < -0.39 is 12.1 Å². The first kappa shape index (κ1) is 16.7. The van der Waals surface area contributed by atoms with Crippen LogP contribution < -0.4 is 5.32 Å². The van der Waals surface area contributed by atoms with Crippen molar-refractivity contribution in [2.45, 2.75) is 12.5 Å². The molecule has 0 saturated carbocycles. The third kappa shape index (κ3) is 4.66. The fourth-order valence-electron chi connectivity index (χ4n) is 2.14. The summed E-state index contributed by atoms with van der Waals surface area (Å²) in [5.74, 6) is -0.690. The van der Waals surface area contributed by atoms with E-state index in [2.05, 4.69) is 10.1 Å². The van der Waals surface area contributed by atoms with Gasteiger partial charge in [0.15, 0.2) is 0 Å². The van der Waals surface area contributed by atoms with E-state index in [0.717, 1.165) is 5.56 Å². The van der Waals surface area contributed by atoms with Crippen molar-refractivity contribution in [3.8, 4) is 0 Å². The maximum Gasteiger partial charge on any atom is 0.337 e. The number of rotatable bonds is 6. The van der Waals surface area contributed by atoms with E-state index in [1.54, 1.807) is 24.3 Å². The summed E-state index contributed by atoms with van der Waals surface area (Å²) in [6, 6.07) is 15.5. The van der Waals surface area contributed by atoms with Gasteiger partial charge in [-0.15, -0.1) is 0 Å². The molecule has 0 spiro atoms. The summed E-state index contributed by atoms with van der Waals surface area (Å²) in [7, 11) is 1.31. The average Bonchev–Trinajstić information content (AvgIpc) is 2.61. The highest BCUT2D eigenvalue weighted by atomic mass is 16.5. The van der Waals surface area contributed by atoms with Gasteiger partial charge >= 0.3 is 5.97 Å². The molecule has 0 aliphatic rings. The fraction of sp³-hybridized carbons (Fsp3) is 0.222. The summed E-state index contributed by atoms with van der Waals surface area (Å²) in [5, 5.41) is 12.8. The molecule has 0 radical (unpaired) electrons. The lowest BCUT2D eigenvalue weighted by Crippen LogP contribution is -2.25. The molecule has 2 aromatic carbocycles. The lowest BCUT2D eigenvalue weighted by atomic mass is 10.1. The molecule has 1 atom stereocenters. The minimum Gasteiger partial charge on any atom is -0.465 e. The Morgan fingerprint density at radius 1 is 1.04 bits per heavy atom. The SMILES string of the molecule is COC(=O)c1ccc(C(=O)NCCC(O)c2ccccc2)cc1. The zero-order valence-corrected chi connectivity index (χ0v) is 12.9. The van der Waals surface area contributed by atoms with Crippen LogP contribution in [0.1, 0.15) is 38.8 Å². The van der Waals surface area contributed by atoms with Crippen LogP contribution in [0.25, 0.3) is 0 Å². The number of methoxy groups -OCH3 is 1. The van der Waals surface area contributed by atoms with Gasteiger partial charge < -0.3 is 15.2 Å². The van der Waals surface area contributed by atoms with Crippen molar-refractivity contribution in [1.29, 1.82) is 0 Å². The second kappa shape index (κ2) is 8.10. The van der Waals surface area contributed by atoms with Crippen LogP contribution in [0.2, 0.25) is 0 Å². The lowest BCUT2D eigenvalue weighted by Gasteiger charge is -2.11. The number of hydrogen-bond donors (Lipinski definition) is 2. The van der Waals surface area contributed by atoms with Gasteiger partial charge in [0, 0.05) is 12.1 Å². The Kier molecular flexibility index (Phi) is 5.88. The zero-order valence-electron chi connectivity index (χ0n) is 12.9. The first-order chi connectivity index (χ1) is 11.1. The van der Waals surface area contributed by atoms with Gasteiger partial charge in [-0.2, -0.15) is 0 Å². The van der Waals surface area contributed by atoms with E-state index >= 15 is 0 Å². The molecule has 0 heterocycles. The van der Waals surface area contributed by atoms with Crippen LogP contribution in [-0.2, 0) is 4.74 Å². The van der Waals surface area contributed by atoms with Gasteiger partial charge in [-0.3, -0.25) is 4.79 Å². The van der Waals surface area contributed by atoms with E-state index in [9.17, 15) is 14.7 Å². The van der Waals surface area contributed by atoms with Gasteiger partial charge in [0.1, 0.15) is 0 Å². The lowest BCUT2D eigenvalue weighted by molar-refractivity contribution is 0.0600. The second-order valence-corrected chi connectivity index (χ2v) is 5.04. The highest BCUT2D eigenvalue weighted by molar-refractivity contribution is 5.96. The number of hydrogen-bond acceptors (Lipinski definition) is 4. The van der Waals surface area contributed by atoms with Crippen molar-refractivity contribution >= 4 is 11.9 Å². The molecule has 23 heavy (non-hydrogen) atoms. The molecule has 0 fully saturated rings. The van der Waals surface area contributed by atoms with E-state index in [-0.39, 0.29) is 5.91 Å². The predicted molar refractivity (Wildman–Crippen MR) is 86.1 cm³/mol. The van der Waals surface area contributed by atoms with Gasteiger partial charge in [0.25, 0.3) is 5.91 Å². The van der Waals surface area contributed by atoms with Crippen molar-refractivity contribution < 1.29 is 19.4 Å². The quantitative estimate of drug-likeness (QED) is 0.803. The van der Waals surface area contributed by atoms with Crippen LogP contribution in [0.5, 0.6) is 0 Å². The average molecular weight is 313 g/mol. The van der Waals surface area contributed by atoms with Crippen LogP contribution in [0.3, 0.4) is 0 Å². The number of aliphatic hydroxyl groups excluding tert-OH is 1. The molecule has 2 N–H and O–H groups in total. The monoisotopic (exact) mass is 313 g/mol. The second-order valence-electron chi connectivity index (χ2n) is 5.04. The Morgan fingerprint density at radius 3 is 2.26 bits per heavy atom. The maximum absolute atomic E-state index is 12.0. The van der Waals surface area contributed by atoms with Crippen LogP contribution in [0.4, 0.5) is 0 Å². The highest BCUT2D eigenvalue weighted by Crippen LogP contribution is 2.15. The molecule has 0 saturated heterocycles. The fourth-order valence-corrected chi connectivity index (χ4v) is 2.14. The third-order valence-electron chi connectivity index (χ3n) is 3.46. The molecule has 1 unspecified atom stereocenters. The first-order valence-corrected chi connectivity index (χ1v) is 7.31. The minimum absolute atomic E-state index is 0.248. The van der Waals surface area contributed by atoms with E-state index in [1.807, 2.05) is 30.3 Å². The number of ether oxygens (including phenoxy) is 1. The van der Waals surface area contributed by atoms with E-state index in [4.69, 9.17) is 0 Å². The Balaban J connectivity index is 1.84. The Bertz CT molecular complexity index is 652. The Morgan fingerprint density at radius 2 is 1.65 bits per heavy atom. The number of carbonyl (C=O) groups excluding carboxylic acids is 2. The third-order valence-corrected chi connectivity index (χ3v) is 3.46. The number of aliphatic hydroxyl groups is 1. The summed E-state index contributed by atoms with van der Waals surface area (Å²) in [4.78, 5) is 23.3. The smallest absolute Gasteiger partial charge is 0.337 e. The van der Waals surface area contributed by atoms with Gasteiger partial charge in [0.05, 0.1) is 18.8 Å². The topological polar surface area (TPSA) is 75.6 Å². The number of amides is 1. The van der Waals surface area contributed by atoms with Gasteiger partial charge in [-0.25, -0.2) is 4.79 Å². The van der Waals surface area contributed by atoms with Crippen LogP contribution in [-0.4, -0.2) is 30.6 Å². The summed E-state index contributed by atoms with van der Waals surface area (Å²) >= 11 is 0. The Hall–Kier alpha value is -2.66. The molecule has 1 amide bonds. The predicted octanol–water partition coefficient (Wildman–Crippen LogP) is 2.33. The van der Waals surface area contributed by atoms with Crippen molar-refractivity contribution in [3.05, 3.63) is 71.3 Å². The highest BCUT2D eigenvalue weighted by Gasteiger charge is 2.10. The molecule has 0 bridgehead atoms. The number of carbonyl (C=O) groups is 2. The molecular weight excluding hydrogens is 294 g/mol. The molecular formula is C18H19NO4. The molecule has 120 valence electrons. The molecule has 5 heteroatoms. The number of benzene rings is 2. The molecule has 2 aromatic rings. The van der Waals surface area contributed by atoms with Gasteiger partial charge in [-0.1, -0.05) is 30.3 Å². The molecule has 0 aromatic heterocycles. The summed E-state index contributed by atoms with van der Waals surface area (Å²) < 4.78 is 4.60. The molecule has 0 aliphatic carbocycles. The van der Waals surface area contributed by atoms with Crippen molar-refractivity contribution in [3.63, 3.8) is 0 Å². The summed E-state index contributed by atoms with van der Waals surface area (Å²) in [6.45, 7) is 0.355. The van der Waals surface area contributed by atoms with Crippen LogP contribution >= 0.6 is 0 Å².